The Kier molecular flexibility index (Phi) is 3.56. The third-order valence-electron chi connectivity index (χ3n) is 2.81. The molecular weight excluding hydrogens is 218 g/mol. The zero-order valence-electron chi connectivity index (χ0n) is 7.72. The van der Waals surface area contributed by atoms with Crippen LogP contribution in [0.25, 0.3) is 0 Å². The lowest BCUT2D eigenvalue weighted by Gasteiger charge is -2.37. The first-order chi connectivity index (χ1) is 5.66. The van der Waals surface area contributed by atoms with Gasteiger partial charge in [0.15, 0.2) is 0 Å². The van der Waals surface area contributed by atoms with Gasteiger partial charge in [0.25, 0.3) is 0 Å². The summed E-state index contributed by atoms with van der Waals surface area (Å²) >= 11 is 3.21. The van der Waals surface area contributed by atoms with Crippen molar-refractivity contribution in [3.05, 3.63) is 0 Å². The van der Waals surface area contributed by atoms with Crippen LogP contribution in [0.3, 0.4) is 0 Å². The number of nitrogens with zero attached hydrogens (tertiary/aromatic N) is 1. The van der Waals surface area contributed by atoms with Crippen molar-refractivity contribution in [3.8, 4) is 0 Å². The molecule has 1 heterocycles. The van der Waals surface area contributed by atoms with Gasteiger partial charge in [-0.15, -0.1) is 0 Å². The summed E-state index contributed by atoms with van der Waals surface area (Å²) in [6, 6.07) is 0.420. The van der Waals surface area contributed by atoms with Gasteiger partial charge in [-0.1, -0.05) is 22.9 Å². The normalized spacial score (nSPS) is 30.4. The molecule has 0 aromatic heterocycles. The molecule has 70 valence electrons. The van der Waals surface area contributed by atoms with Crippen molar-refractivity contribution >= 4 is 21.8 Å². The van der Waals surface area contributed by atoms with Crippen LogP contribution >= 0.6 is 15.9 Å². The van der Waals surface area contributed by atoms with Crippen LogP contribution in [0.15, 0.2) is 0 Å². The highest BCUT2D eigenvalue weighted by molar-refractivity contribution is 9.09. The minimum atomic E-state index is 0.231. The zero-order valence-corrected chi connectivity index (χ0v) is 9.30. The summed E-state index contributed by atoms with van der Waals surface area (Å²) in [5.41, 5.74) is 0. The maximum Gasteiger partial charge on any atom is 0.233 e. The first-order valence-electron chi connectivity index (χ1n) is 4.52. The van der Waals surface area contributed by atoms with Crippen LogP contribution in [0.2, 0.25) is 0 Å². The maximum absolute atomic E-state index is 11.4. The summed E-state index contributed by atoms with van der Waals surface area (Å²) < 4.78 is 0. The van der Waals surface area contributed by atoms with Crippen LogP contribution in [0.1, 0.15) is 26.7 Å². The SMILES string of the molecule is CC1CCCN(C(=O)CBr)C1C. The molecule has 0 N–H and O–H groups in total. The van der Waals surface area contributed by atoms with E-state index < -0.39 is 0 Å². The molecule has 0 bridgehead atoms. The standard InChI is InChI=1S/C9H16BrNO/c1-7-4-3-5-11(8(7)2)9(12)6-10/h7-8H,3-6H2,1-2H3. The maximum atomic E-state index is 11.4. The predicted octanol–water partition coefficient (Wildman–Crippen LogP) is 2.03. The molecule has 0 aromatic carbocycles. The fourth-order valence-corrected chi connectivity index (χ4v) is 2.09. The molecule has 1 saturated heterocycles. The van der Waals surface area contributed by atoms with E-state index in [4.69, 9.17) is 0 Å². The van der Waals surface area contributed by atoms with E-state index in [-0.39, 0.29) is 5.91 Å². The van der Waals surface area contributed by atoms with Gasteiger partial charge in [-0.05, 0) is 25.7 Å². The minimum absolute atomic E-state index is 0.231. The number of piperidine rings is 1. The molecule has 1 rings (SSSR count). The van der Waals surface area contributed by atoms with Gasteiger partial charge in [0.2, 0.25) is 5.91 Å². The van der Waals surface area contributed by atoms with Crippen molar-refractivity contribution in [2.45, 2.75) is 32.7 Å². The van der Waals surface area contributed by atoms with E-state index in [0.717, 1.165) is 13.0 Å². The van der Waals surface area contributed by atoms with Crippen LogP contribution in [-0.4, -0.2) is 28.7 Å². The molecule has 1 aliphatic heterocycles. The number of likely N-dealkylation sites (tertiary alicyclic amines) is 1. The Bertz CT molecular complexity index is 172. The topological polar surface area (TPSA) is 20.3 Å². The van der Waals surface area contributed by atoms with Crippen molar-refractivity contribution in [2.75, 3.05) is 11.9 Å². The summed E-state index contributed by atoms with van der Waals surface area (Å²) in [7, 11) is 0. The molecule has 0 aliphatic carbocycles. The Morgan fingerprint density at radius 2 is 2.25 bits per heavy atom. The summed E-state index contributed by atoms with van der Waals surface area (Å²) in [5, 5.41) is 0.462. The lowest BCUT2D eigenvalue weighted by Crippen LogP contribution is -2.46. The van der Waals surface area contributed by atoms with Gasteiger partial charge < -0.3 is 4.90 Å². The Hall–Kier alpha value is -0.0500. The molecule has 1 fully saturated rings. The van der Waals surface area contributed by atoms with Crippen molar-refractivity contribution < 1.29 is 4.79 Å². The average molecular weight is 234 g/mol. The van der Waals surface area contributed by atoms with E-state index >= 15 is 0 Å². The average Bonchev–Trinajstić information content (AvgIpc) is 2.08. The quantitative estimate of drug-likeness (QED) is 0.635. The number of carbonyl (C=O) groups is 1. The van der Waals surface area contributed by atoms with Gasteiger partial charge in [0, 0.05) is 12.6 Å². The van der Waals surface area contributed by atoms with E-state index in [1.807, 2.05) is 4.90 Å². The number of hydrogen-bond donors (Lipinski definition) is 0. The highest BCUT2D eigenvalue weighted by Crippen LogP contribution is 2.22. The molecule has 0 saturated carbocycles. The highest BCUT2D eigenvalue weighted by Gasteiger charge is 2.27. The zero-order chi connectivity index (χ0) is 9.14. The van der Waals surface area contributed by atoms with Gasteiger partial charge in [-0.3, -0.25) is 4.79 Å². The second kappa shape index (κ2) is 4.26. The third kappa shape index (κ3) is 2.00. The fourth-order valence-electron chi connectivity index (χ4n) is 1.76. The molecule has 1 amide bonds. The summed E-state index contributed by atoms with van der Waals surface area (Å²) in [6.07, 6.45) is 2.41. The molecule has 2 unspecified atom stereocenters. The second-order valence-electron chi connectivity index (χ2n) is 3.58. The third-order valence-corrected chi connectivity index (χ3v) is 3.29. The largest absolute Gasteiger partial charge is 0.339 e. The van der Waals surface area contributed by atoms with Gasteiger partial charge >= 0.3 is 0 Å². The van der Waals surface area contributed by atoms with Gasteiger partial charge in [-0.2, -0.15) is 0 Å². The van der Waals surface area contributed by atoms with Gasteiger partial charge in [0.1, 0.15) is 0 Å². The second-order valence-corrected chi connectivity index (χ2v) is 4.14. The van der Waals surface area contributed by atoms with Crippen molar-refractivity contribution in [1.29, 1.82) is 0 Å². The Morgan fingerprint density at radius 1 is 1.58 bits per heavy atom. The predicted molar refractivity (Wildman–Crippen MR) is 53.4 cm³/mol. The van der Waals surface area contributed by atoms with Gasteiger partial charge in [-0.25, -0.2) is 0 Å². The van der Waals surface area contributed by atoms with Crippen molar-refractivity contribution in [2.24, 2.45) is 5.92 Å². The lowest BCUT2D eigenvalue weighted by atomic mass is 9.92. The van der Waals surface area contributed by atoms with E-state index in [0.29, 0.717) is 17.3 Å². The first kappa shape index (κ1) is 10.0. The number of alkyl halides is 1. The number of halogens is 1. The highest BCUT2D eigenvalue weighted by atomic mass is 79.9. The van der Waals surface area contributed by atoms with E-state index in [2.05, 4.69) is 29.8 Å². The number of carbonyl (C=O) groups excluding carboxylic acids is 1. The van der Waals surface area contributed by atoms with Crippen LogP contribution in [0.4, 0.5) is 0 Å². The van der Waals surface area contributed by atoms with Crippen LogP contribution in [-0.2, 0) is 4.79 Å². The lowest BCUT2D eigenvalue weighted by molar-refractivity contribution is -0.132. The van der Waals surface area contributed by atoms with E-state index in [1.165, 1.54) is 6.42 Å². The van der Waals surface area contributed by atoms with Gasteiger partial charge in [0.05, 0.1) is 5.33 Å². The molecule has 0 spiro atoms. The Labute approximate surface area is 82.4 Å². The molecular formula is C9H16BrNO. The molecule has 3 heteroatoms. The first-order valence-corrected chi connectivity index (χ1v) is 5.64. The molecule has 12 heavy (non-hydrogen) atoms. The Balaban J connectivity index is 2.57. The number of amides is 1. The van der Waals surface area contributed by atoms with E-state index in [1.54, 1.807) is 0 Å². The summed E-state index contributed by atoms with van der Waals surface area (Å²) in [4.78, 5) is 13.4. The molecule has 0 aromatic rings. The summed E-state index contributed by atoms with van der Waals surface area (Å²) in [6.45, 7) is 5.30. The molecule has 2 nitrogen and oxygen atoms in total. The fraction of sp³-hybridized carbons (Fsp3) is 0.889. The molecule has 1 aliphatic rings. The Morgan fingerprint density at radius 3 is 2.83 bits per heavy atom. The van der Waals surface area contributed by atoms with Crippen molar-refractivity contribution in [3.63, 3.8) is 0 Å². The van der Waals surface area contributed by atoms with Crippen LogP contribution < -0.4 is 0 Å². The molecule has 0 radical (unpaired) electrons. The number of hydrogen-bond acceptors (Lipinski definition) is 1. The number of rotatable bonds is 1. The molecule has 2 atom stereocenters. The monoisotopic (exact) mass is 233 g/mol. The van der Waals surface area contributed by atoms with Crippen LogP contribution in [0.5, 0.6) is 0 Å². The summed E-state index contributed by atoms with van der Waals surface area (Å²) in [5.74, 6) is 0.885. The minimum Gasteiger partial charge on any atom is -0.339 e. The van der Waals surface area contributed by atoms with Crippen LogP contribution in [0, 0.1) is 5.92 Å². The smallest absolute Gasteiger partial charge is 0.233 e. The van der Waals surface area contributed by atoms with E-state index in [9.17, 15) is 4.79 Å². The van der Waals surface area contributed by atoms with Crippen molar-refractivity contribution in [1.82, 2.24) is 4.90 Å².